The summed E-state index contributed by atoms with van der Waals surface area (Å²) in [5.41, 5.74) is 4.97. The number of fused-ring (bicyclic) bond motifs is 4. The summed E-state index contributed by atoms with van der Waals surface area (Å²) in [4.78, 5) is 52.4. The lowest BCUT2D eigenvalue weighted by molar-refractivity contribution is -0.143. The van der Waals surface area contributed by atoms with Crippen LogP contribution in [0.1, 0.15) is 24.8 Å². The van der Waals surface area contributed by atoms with E-state index in [4.69, 9.17) is 22.1 Å². The molecule has 10 heteroatoms. The van der Waals surface area contributed by atoms with Gasteiger partial charge in [0.15, 0.2) is 0 Å². The number of methoxy groups -OCH3 is 1. The number of nitrogens with two attached hydrogens (primary N) is 1. The third-order valence-corrected chi connectivity index (χ3v) is 6.44. The number of imide groups is 1. The van der Waals surface area contributed by atoms with E-state index in [9.17, 15) is 19.2 Å². The zero-order chi connectivity index (χ0) is 21.6. The highest BCUT2D eigenvalue weighted by molar-refractivity contribution is 6.31. The van der Waals surface area contributed by atoms with Crippen molar-refractivity contribution in [1.82, 2.24) is 10.2 Å². The number of hydrogen-bond donors (Lipinski definition) is 3. The summed E-state index contributed by atoms with van der Waals surface area (Å²) in [6.07, 6.45) is 0.771. The van der Waals surface area contributed by atoms with E-state index in [-0.39, 0.29) is 25.3 Å². The maximum Gasteiger partial charge on any atom is 0.250 e. The standard InChI is InChI=1S/C20H23ClN4O5/c1-30-8-2-7-25-17(27)15-13(5-6-14(22)26)24-20(16(15)18(25)28)11-9-10(21)3-4-12(11)23-19(20)29/h3-4,9,13,15-16,24H,2,5-8H2,1H3,(H2,22,26)(H,23,29)/t13-,15+,16+,20-/m1/s1. The van der Waals surface area contributed by atoms with Gasteiger partial charge in [0.2, 0.25) is 23.6 Å². The van der Waals surface area contributed by atoms with Crippen molar-refractivity contribution in [3.8, 4) is 0 Å². The van der Waals surface area contributed by atoms with Crippen molar-refractivity contribution < 1.29 is 23.9 Å². The van der Waals surface area contributed by atoms with Gasteiger partial charge in [-0.15, -0.1) is 0 Å². The highest BCUT2D eigenvalue weighted by Gasteiger charge is 2.70. The molecule has 0 bridgehead atoms. The number of rotatable bonds is 7. The first-order valence-electron chi connectivity index (χ1n) is 9.83. The molecule has 2 fully saturated rings. The quantitative estimate of drug-likeness (QED) is 0.419. The number of nitrogens with one attached hydrogen (secondary N) is 2. The Morgan fingerprint density at radius 2 is 2.07 bits per heavy atom. The normalized spacial score (nSPS) is 29.5. The van der Waals surface area contributed by atoms with Gasteiger partial charge in [0.25, 0.3) is 0 Å². The lowest BCUT2D eigenvalue weighted by Gasteiger charge is -2.29. The second-order valence-electron chi connectivity index (χ2n) is 7.89. The Labute approximate surface area is 178 Å². The lowest BCUT2D eigenvalue weighted by atomic mass is 9.76. The minimum atomic E-state index is -1.42. The fraction of sp³-hybridized carbons (Fsp3) is 0.500. The maximum atomic E-state index is 13.4. The molecule has 4 N–H and O–H groups in total. The summed E-state index contributed by atoms with van der Waals surface area (Å²) in [5.74, 6) is -3.36. The molecule has 0 radical (unpaired) electrons. The van der Waals surface area contributed by atoms with Gasteiger partial charge in [-0.1, -0.05) is 11.6 Å². The van der Waals surface area contributed by atoms with Crippen LogP contribution in [0.3, 0.4) is 0 Å². The molecule has 3 aliphatic rings. The monoisotopic (exact) mass is 434 g/mol. The molecule has 9 nitrogen and oxygen atoms in total. The molecule has 0 saturated carbocycles. The van der Waals surface area contributed by atoms with Crippen molar-refractivity contribution in [3.63, 3.8) is 0 Å². The molecule has 2 saturated heterocycles. The highest BCUT2D eigenvalue weighted by atomic mass is 35.5. The van der Waals surface area contributed by atoms with E-state index in [1.807, 2.05) is 0 Å². The molecule has 3 aliphatic heterocycles. The molecule has 4 amide bonds. The van der Waals surface area contributed by atoms with Crippen LogP contribution in [-0.2, 0) is 29.5 Å². The van der Waals surface area contributed by atoms with Crippen molar-refractivity contribution in [1.29, 1.82) is 0 Å². The fourth-order valence-electron chi connectivity index (χ4n) is 4.97. The Kier molecular flexibility index (Phi) is 5.29. The smallest absolute Gasteiger partial charge is 0.250 e. The van der Waals surface area contributed by atoms with E-state index < -0.39 is 41.1 Å². The molecule has 0 unspecified atom stereocenters. The molecule has 1 aromatic rings. The minimum Gasteiger partial charge on any atom is -0.385 e. The topological polar surface area (TPSA) is 131 Å². The molecular formula is C20H23ClN4O5. The molecule has 4 atom stereocenters. The lowest BCUT2D eigenvalue weighted by Crippen LogP contribution is -2.53. The SMILES string of the molecule is COCCCN1C(=O)[C@@H]2[C@@H](C1=O)[C@@]1(N[C@@H]2CCC(N)=O)C(=O)Nc2ccc(Cl)cc21. The summed E-state index contributed by atoms with van der Waals surface area (Å²) in [5, 5.41) is 6.45. The number of carbonyl (C=O) groups excluding carboxylic acids is 4. The third-order valence-electron chi connectivity index (χ3n) is 6.20. The van der Waals surface area contributed by atoms with Crippen LogP contribution >= 0.6 is 11.6 Å². The zero-order valence-corrected chi connectivity index (χ0v) is 17.2. The molecule has 4 rings (SSSR count). The average Bonchev–Trinajstić information content (AvgIpc) is 3.27. The molecule has 0 aliphatic carbocycles. The van der Waals surface area contributed by atoms with Crippen LogP contribution in [0.15, 0.2) is 18.2 Å². The van der Waals surface area contributed by atoms with E-state index in [0.29, 0.717) is 29.3 Å². The number of amides is 4. The van der Waals surface area contributed by atoms with E-state index in [2.05, 4.69) is 10.6 Å². The number of primary amides is 1. The number of halogens is 1. The van der Waals surface area contributed by atoms with Gasteiger partial charge < -0.3 is 15.8 Å². The highest BCUT2D eigenvalue weighted by Crippen LogP contribution is 2.53. The van der Waals surface area contributed by atoms with Gasteiger partial charge in [0, 0.05) is 49.0 Å². The van der Waals surface area contributed by atoms with Gasteiger partial charge in [-0.25, -0.2) is 0 Å². The number of nitrogens with zero attached hydrogens (tertiary/aromatic N) is 1. The van der Waals surface area contributed by atoms with Crippen molar-refractivity contribution >= 4 is 40.9 Å². The second kappa shape index (κ2) is 7.64. The van der Waals surface area contributed by atoms with Crippen LogP contribution in [0.2, 0.25) is 5.02 Å². The van der Waals surface area contributed by atoms with Crippen LogP contribution in [0, 0.1) is 11.8 Å². The summed E-state index contributed by atoms with van der Waals surface area (Å²) in [7, 11) is 1.55. The Hall–Kier alpha value is -2.49. The summed E-state index contributed by atoms with van der Waals surface area (Å²) < 4.78 is 5.03. The number of likely N-dealkylation sites (tertiary alicyclic amines) is 1. The zero-order valence-electron chi connectivity index (χ0n) is 16.4. The first kappa shape index (κ1) is 20.8. The minimum absolute atomic E-state index is 0.0339. The molecule has 1 aromatic carbocycles. The van der Waals surface area contributed by atoms with E-state index in [1.54, 1.807) is 25.3 Å². The van der Waals surface area contributed by atoms with Gasteiger partial charge >= 0.3 is 0 Å². The Morgan fingerprint density at radius 3 is 2.77 bits per heavy atom. The van der Waals surface area contributed by atoms with Gasteiger partial charge in [-0.3, -0.25) is 29.4 Å². The second-order valence-corrected chi connectivity index (χ2v) is 8.32. The molecule has 3 heterocycles. The fourth-order valence-corrected chi connectivity index (χ4v) is 5.14. The number of benzene rings is 1. The number of hydrogen-bond acceptors (Lipinski definition) is 6. The van der Waals surface area contributed by atoms with Gasteiger partial charge in [0.1, 0.15) is 5.54 Å². The van der Waals surface area contributed by atoms with E-state index in [0.717, 1.165) is 0 Å². The summed E-state index contributed by atoms with van der Waals surface area (Å²) >= 11 is 6.19. The van der Waals surface area contributed by atoms with Gasteiger partial charge in [-0.2, -0.15) is 0 Å². The van der Waals surface area contributed by atoms with E-state index >= 15 is 0 Å². The van der Waals surface area contributed by atoms with Crippen LogP contribution in [-0.4, -0.2) is 54.8 Å². The average molecular weight is 435 g/mol. The Bertz CT molecular complexity index is 938. The summed E-state index contributed by atoms with van der Waals surface area (Å²) in [6.45, 7) is 0.612. The van der Waals surface area contributed by atoms with Gasteiger partial charge in [-0.05, 0) is 31.0 Å². The number of anilines is 1. The largest absolute Gasteiger partial charge is 0.385 e. The predicted octanol–water partition coefficient (Wildman–Crippen LogP) is 0.362. The molecule has 0 aromatic heterocycles. The van der Waals surface area contributed by atoms with Crippen LogP contribution in [0.5, 0.6) is 0 Å². The number of ether oxygens (including phenoxy) is 1. The van der Waals surface area contributed by atoms with Crippen LogP contribution < -0.4 is 16.4 Å². The number of carbonyl (C=O) groups is 4. The predicted molar refractivity (Wildman–Crippen MR) is 107 cm³/mol. The summed E-state index contributed by atoms with van der Waals surface area (Å²) in [6, 6.07) is 4.41. The van der Waals surface area contributed by atoms with Gasteiger partial charge in [0.05, 0.1) is 11.8 Å². The van der Waals surface area contributed by atoms with Crippen molar-refractivity contribution in [2.24, 2.45) is 17.6 Å². The first-order valence-corrected chi connectivity index (χ1v) is 10.2. The van der Waals surface area contributed by atoms with E-state index in [1.165, 1.54) is 4.90 Å². The van der Waals surface area contributed by atoms with Crippen LogP contribution in [0.4, 0.5) is 5.69 Å². The van der Waals surface area contributed by atoms with Crippen molar-refractivity contribution in [3.05, 3.63) is 28.8 Å². The van der Waals surface area contributed by atoms with Crippen LogP contribution in [0.25, 0.3) is 0 Å². The Morgan fingerprint density at radius 1 is 1.30 bits per heavy atom. The molecule has 160 valence electrons. The molecular weight excluding hydrogens is 412 g/mol. The maximum absolute atomic E-state index is 13.4. The molecule has 30 heavy (non-hydrogen) atoms. The molecule has 1 spiro atoms. The van der Waals surface area contributed by atoms with Crippen molar-refractivity contribution in [2.45, 2.75) is 30.8 Å². The Balaban J connectivity index is 1.77. The van der Waals surface area contributed by atoms with Crippen molar-refractivity contribution in [2.75, 3.05) is 25.6 Å². The third kappa shape index (κ3) is 3.00. The first-order chi connectivity index (χ1) is 14.3.